The molecule has 18 heavy (non-hydrogen) atoms. The molecule has 0 aliphatic heterocycles. The molecule has 0 amide bonds. The van der Waals surface area contributed by atoms with Crippen LogP contribution in [0.1, 0.15) is 17.6 Å². The third-order valence-corrected chi connectivity index (χ3v) is 1.91. The third kappa shape index (κ3) is 2.63. The van der Waals surface area contributed by atoms with E-state index in [9.17, 15) is 32.1 Å². The molecule has 0 spiro atoms. The van der Waals surface area contributed by atoms with E-state index in [0.29, 0.717) is 6.07 Å². The summed E-state index contributed by atoms with van der Waals surface area (Å²) in [4.78, 5) is 11.9. The van der Waals surface area contributed by atoms with Crippen molar-refractivity contribution in [3.63, 3.8) is 0 Å². The first kappa shape index (κ1) is 14.1. The molecule has 0 aliphatic rings. The Labute approximate surface area is 96.3 Å². The van der Waals surface area contributed by atoms with Gasteiger partial charge < -0.3 is 14.9 Å². The Balaban J connectivity index is 3.67. The lowest BCUT2D eigenvalue weighted by Crippen LogP contribution is -2.15. The van der Waals surface area contributed by atoms with E-state index >= 15 is 0 Å². The number of pyridine rings is 1. The van der Waals surface area contributed by atoms with Gasteiger partial charge in [0.2, 0.25) is 0 Å². The topological polar surface area (TPSA) is 65.3 Å². The van der Waals surface area contributed by atoms with Gasteiger partial charge in [-0.3, -0.25) is 0 Å². The van der Waals surface area contributed by atoms with Gasteiger partial charge in [-0.2, -0.15) is 13.2 Å². The van der Waals surface area contributed by atoms with E-state index < -0.39 is 40.3 Å². The van der Waals surface area contributed by atoms with E-state index in [1.807, 2.05) is 0 Å². The minimum Gasteiger partial charge on any atom is -0.463 e. The van der Waals surface area contributed by atoms with Crippen molar-refractivity contribution in [1.29, 1.82) is 0 Å². The highest BCUT2D eigenvalue weighted by Crippen LogP contribution is 2.42. The van der Waals surface area contributed by atoms with Crippen LogP contribution < -0.4 is 4.74 Å². The predicted octanol–water partition coefficient (Wildman–Crippen LogP) is 2.95. The van der Waals surface area contributed by atoms with E-state index in [0.717, 1.165) is 7.11 Å². The molecule has 1 aromatic heterocycles. The number of ether oxygens (including phenoxy) is 1. The summed E-state index contributed by atoms with van der Waals surface area (Å²) >= 11 is 0. The highest BCUT2D eigenvalue weighted by Gasteiger charge is 2.45. The third-order valence-electron chi connectivity index (χ3n) is 1.91. The fourth-order valence-electron chi connectivity index (χ4n) is 1.23. The average molecular weight is 272 g/mol. The molecule has 0 saturated heterocycles. The molecule has 1 rings (SSSR count). The molecule has 0 atom stereocenters. The highest BCUT2D eigenvalue weighted by molar-refractivity contribution is 5.45. The Morgan fingerprint density at radius 3 is 2.33 bits per heavy atom. The SMILES string of the molecule is COc1cc(C(F)F)c(C(F)(F)F)c([N+](=O)[O-])n1. The lowest BCUT2D eigenvalue weighted by Gasteiger charge is -2.12. The van der Waals surface area contributed by atoms with E-state index in [1.165, 1.54) is 0 Å². The molecule has 0 aliphatic carbocycles. The van der Waals surface area contributed by atoms with Crippen LogP contribution in [0, 0.1) is 10.1 Å². The molecule has 1 aromatic rings. The molecular formula is C8H5F5N2O3. The van der Waals surface area contributed by atoms with Crippen molar-refractivity contribution in [2.45, 2.75) is 12.6 Å². The van der Waals surface area contributed by atoms with Gasteiger partial charge in [-0.05, 0) is 4.92 Å². The number of aromatic nitrogens is 1. The van der Waals surface area contributed by atoms with Gasteiger partial charge in [0.1, 0.15) is 0 Å². The summed E-state index contributed by atoms with van der Waals surface area (Å²) in [5, 5.41) is 10.5. The molecule has 0 saturated carbocycles. The lowest BCUT2D eigenvalue weighted by atomic mass is 10.1. The molecule has 0 radical (unpaired) electrons. The Morgan fingerprint density at radius 2 is 2.00 bits per heavy atom. The lowest BCUT2D eigenvalue weighted by molar-refractivity contribution is -0.393. The summed E-state index contributed by atoms with van der Waals surface area (Å²) in [5.41, 5.74) is -3.61. The summed E-state index contributed by atoms with van der Waals surface area (Å²) in [6, 6.07) is 0.320. The molecule has 0 aromatic carbocycles. The van der Waals surface area contributed by atoms with Crippen molar-refractivity contribution in [2.75, 3.05) is 7.11 Å². The van der Waals surface area contributed by atoms with Crippen LogP contribution in [-0.2, 0) is 6.18 Å². The average Bonchev–Trinajstić information content (AvgIpc) is 2.25. The molecule has 1 heterocycles. The maximum absolute atomic E-state index is 12.5. The predicted molar refractivity (Wildman–Crippen MR) is 47.4 cm³/mol. The van der Waals surface area contributed by atoms with E-state index in [1.54, 1.807) is 0 Å². The van der Waals surface area contributed by atoms with Crippen LogP contribution in [0.4, 0.5) is 27.8 Å². The summed E-state index contributed by atoms with van der Waals surface area (Å²) in [7, 11) is 0.939. The van der Waals surface area contributed by atoms with Crippen LogP contribution in [0.25, 0.3) is 0 Å². The number of hydrogen-bond donors (Lipinski definition) is 0. The number of halogens is 5. The Kier molecular flexibility index (Phi) is 3.67. The second-order valence-corrected chi connectivity index (χ2v) is 3.01. The summed E-state index contributed by atoms with van der Waals surface area (Å²) in [5.74, 6) is -2.40. The Hall–Kier alpha value is -2.00. The molecule has 0 N–H and O–H groups in total. The van der Waals surface area contributed by atoms with Crippen molar-refractivity contribution >= 4 is 5.82 Å². The largest absolute Gasteiger partial charge is 0.463 e. The fraction of sp³-hybridized carbons (Fsp3) is 0.375. The molecule has 0 unspecified atom stereocenters. The fourth-order valence-corrected chi connectivity index (χ4v) is 1.23. The van der Waals surface area contributed by atoms with Crippen LogP contribution in [0.3, 0.4) is 0 Å². The molecule has 5 nitrogen and oxygen atoms in total. The maximum Gasteiger partial charge on any atom is 0.425 e. The second-order valence-electron chi connectivity index (χ2n) is 3.01. The standard InChI is InChI=1S/C8H5F5N2O3/c1-18-4-2-3(6(9)10)5(8(11,12)13)7(14-4)15(16)17/h2,6H,1H3. The number of nitrogens with zero attached hydrogens (tertiary/aromatic N) is 2. The zero-order valence-corrected chi connectivity index (χ0v) is 8.66. The highest BCUT2D eigenvalue weighted by atomic mass is 19.4. The van der Waals surface area contributed by atoms with Crippen molar-refractivity contribution in [2.24, 2.45) is 0 Å². The zero-order valence-electron chi connectivity index (χ0n) is 8.66. The van der Waals surface area contributed by atoms with E-state index in [2.05, 4.69) is 9.72 Å². The van der Waals surface area contributed by atoms with Crippen LogP contribution >= 0.6 is 0 Å². The minimum absolute atomic E-state index is 0.320. The minimum atomic E-state index is -5.31. The van der Waals surface area contributed by atoms with Gasteiger partial charge in [0, 0.05) is 16.6 Å². The van der Waals surface area contributed by atoms with Gasteiger partial charge in [-0.1, -0.05) is 0 Å². The monoisotopic (exact) mass is 272 g/mol. The van der Waals surface area contributed by atoms with Gasteiger partial charge in [0.05, 0.1) is 7.11 Å². The van der Waals surface area contributed by atoms with Crippen molar-refractivity contribution in [3.05, 3.63) is 27.3 Å². The maximum atomic E-state index is 12.5. The van der Waals surface area contributed by atoms with Crippen molar-refractivity contribution < 1.29 is 31.6 Å². The van der Waals surface area contributed by atoms with E-state index in [4.69, 9.17) is 0 Å². The van der Waals surface area contributed by atoms with Crippen LogP contribution in [0.5, 0.6) is 5.88 Å². The zero-order chi connectivity index (χ0) is 14.1. The molecule has 100 valence electrons. The molecule has 0 bridgehead atoms. The van der Waals surface area contributed by atoms with Gasteiger partial charge in [0.15, 0.2) is 5.56 Å². The van der Waals surface area contributed by atoms with Crippen molar-refractivity contribution in [1.82, 2.24) is 4.98 Å². The number of alkyl halides is 5. The summed E-state index contributed by atoms with van der Waals surface area (Å²) < 4.78 is 67.0. The summed E-state index contributed by atoms with van der Waals surface area (Å²) in [6.45, 7) is 0. The summed E-state index contributed by atoms with van der Waals surface area (Å²) in [6.07, 6.45) is -8.86. The first-order chi connectivity index (χ1) is 8.18. The number of hydrogen-bond acceptors (Lipinski definition) is 4. The first-order valence-corrected chi connectivity index (χ1v) is 4.27. The smallest absolute Gasteiger partial charge is 0.425 e. The Morgan fingerprint density at radius 1 is 1.44 bits per heavy atom. The Bertz CT molecular complexity index is 475. The van der Waals surface area contributed by atoms with Gasteiger partial charge in [-0.25, -0.2) is 8.78 Å². The second kappa shape index (κ2) is 4.70. The number of rotatable bonds is 3. The van der Waals surface area contributed by atoms with Gasteiger partial charge in [0.25, 0.3) is 6.43 Å². The van der Waals surface area contributed by atoms with Crippen LogP contribution in [0.15, 0.2) is 6.07 Å². The number of nitro groups is 1. The van der Waals surface area contributed by atoms with Crippen LogP contribution in [0.2, 0.25) is 0 Å². The van der Waals surface area contributed by atoms with Crippen LogP contribution in [-0.4, -0.2) is 17.0 Å². The normalized spacial score (nSPS) is 11.7. The quantitative estimate of drug-likeness (QED) is 0.482. The molecular weight excluding hydrogens is 267 g/mol. The van der Waals surface area contributed by atoms with Gasteiger partial charge >= 0.3 is 17.9 Å². The number of methoxy groups -OCH3 is 1. The van der Waals surface area contributed by atoms with Gasteiger partial charge in [-0.15, -0.1) is 0 Å². The van der Waals surface area contributed by atoms with E-state index in [-0.39, 0.29) is 0 Å². The molecule has 0 fully saturated rings. The molecule has 10 heteroatoms. The first-order valence-electron chi connectivity index (χ1n) is 4.27. The van der Waals surface area contributed by atoms with Crippen molar-refractivity contribution in [3.8, 4) is 5.88 Å².